The van der Waals surface area contributed by atoms with Crippen LogP contribution in [-0.2, 0) is 6.42 Å². The molecule has 4 nitrogen and oxygen atoms in total. The van der Waals surface area contributed by atoms with Gasteiger partial charge in [0.05, 0.1) is 12.1 Å². The summed E-state index contributed by atoms with van der Waals surface area (Å²) in [5, 5.41) is 1.03. The zero-order valence-corrected chi connectivity index (χ0v) is 11.7. The summed E-state index contributed by atoms with van der Waals surface area (Å²) in [7, 11) is 0. The van der Waals surface area contributed by atoms with Gasteiger partial charge in [-0.1, -0.05) is 0 Å². The molecule has 0 bridgehead atoms. The Labute approximate surface area is 123 Å². The minimum Gasteiger partial charge on any atom is -0.478 e. The molecule has 2 N–H and O–H groups in total. The highest BCUT2D eigenvalue weighted by atomic mass is 16.5. The first-order valence-corrected chi connectivity index (χ1v) is 6.99. The lowest BCUT2D eigenvalue weighted by molar-refractivity contribution is 0.300. The van der Waals surface area contributed by atoms with Gasteiger partial charge >= 0.3 is 0 Å². The van der Waals surface area contributed by atoms with Crippen molar-refractivity contribution in [3.63, 3.8) is 0 Å². The second-order valence-corrected chi connectivity index (χ2v) is 4.91. The van der Waals surface area contributed by atoms with E-state index in [1.165, 1.54) is 5.56 Å². The van der Waals surface area contributed by atoms with Crippen LogP contribution in [0.25, 0.3) is 10.9 Å². The maximum absolute atomic E-state index is 5.75. The van der Waals surface area contributed by atoms with E-state index in [1.807, 2.05) is 54.9 Å². The highest BCUT2D eigenvalue weighted by molar-refractivity contribution is 5.82. The minimum atomic E-state index is 0.649. The van der Waals surface area contributed by atoms with E-state index in [9.17, 15) is 0 Å². The Kier molecular flexibility index (Phi) is 3.96. The summed E-state index contributed by atoms with van der Waals surface area (Å²) >= 11 is 0. The Morgan fingerprint density at radius 1 is 1.00 bits per heavy atom. The molecule has 1 aromatic carbocycles. The fourth-order valence-corrected chi connectivity index (χ4v) is 2.21. The van der Waals surface area contributed by atoms with E-state index >= 15 is 0 Å². The lowest BCUT2D eigenvalue weighted by Gasteiger charge is -2.06. The highest BCUT2D eigenvalue weighted by Crippen LogP contribution is 2.19. The van der Waals surface area contributed by atoms with Gasteiger partial charge in [-0.3, -0.25) is 4.98 Å². The summed E-state index contributed by atoms with van der Waals surface area (Å²) in [5.74, 6) is 0.655. The smallest absolute Gasteiger partial charge is 0.213 e. The molecule has 0 unspecified atom stereocenters. The molecule has 0 aliphatic carbocycles. The Bertz CT molecular complexity index is 728. The third-order valence-corrected chi connectivity index (χ3v) is 3.30. The van der Waals surface area contributed by atoms with Gasteiger partial charge in [0.15, 0.2) is 0 Å². The molecule has 0 amide bonds. The molecule has 0 radical (unpaired) electrons. The number of nitrogens with zero attached hydrogens (tertiary/aromatic N) is 2. The van der Waals surface area contributed by atoms with E-state index in [-0.39, 0.29) is 0 Å². The van der Waals surface area contributed by atoms with Gasteiger partial charge in [-0.15, -0.1) is 0 Å². The van der Waals surface area contributed by atoms with Crippen molar-refractivity contribution in [3.8, 4) is 5.88 Å². The second-order valence-electron chi connectivity index (χ2n) is 4.91. The average Bonchev–Trinajstić information content (AvgIpc) is 2.52. The summed E-state index contributed by atoms with van der Waals surface area (Å²) in [6.45, 7) is 0.649. The van der Waals surface area contributed by atoms with Crippen LogP contribution >= 0.6 is 0 Å². The lowest BCUT2D eigenvalue weighted by Crippen LogP contribution is -2.01. The molecule has 3 rings (SSSR count). The quantitative estimate of drug-likeness (QED) is 0.575. The predicted octanol–water partition coefficient (Wildman–Crippen LogP) is 3.22. The molecule has 3 aromatic rings. The number of hydrogen-bond acceptors (Lipinski definition) is 4. The van der Waals surface area contributed by atoms with Crippen molar-refractivity contribution in [2.24, 2.45) is 0 Å². The van der Waals surface area contributed by atoms with E-state index < -0.39 is 0 Å². The molecule has 0 atom stereocenters. The van der Waals surface area contributed by atoms with Gasteiger partial charge < -0.3 is 10.5 Å². The molecule has 106 valence electrons. The Balaban J connectivity index is 1.57. The van der Waals surface area contributed by atoms with Crippen molar-refractivity contribution in [2.45, 2.75) is 12.8 Å². The molecule has 4 heteroatoms. The maximum atomic E-state index is 5.75. The second kappa shape index (κ2) is 6.22. The molecule has 2 aromatic heterocycles. The van der Waals surface area contributed by atoms with Crippen LogP contribution in [0.15, 0.2) is 54.9 Å². The van der Waals surface area contributed by atoms with E-state index in [1.54, 1.807) is 0 Å². The lowest BCUT2D eigenvalue weighted by atomic mass is 10.1. The summed E-state index contributed by atoms with van der Waals surface area (Å²) in [5.41, 5.74) is 8.67. The van der Waals surface area contributed by atoms with Gasteiger partial charge in [0, 0.05) is 29.5 Å². The normalized spacial score (nSPS) is 10.7. The fraction of sp³-hybridized carbons (Fsp3) is 0.176. The van der Waals surface area contributed by atoms with E-state index in [0.29, 0.717) is 12.5 Å². The minimum absolute atomic E-state index is 0.649. The van der Waals surface area contributed by atoms with Crippen LogP contribution in [0, 0.1) is 0 Å². The molecule has 0 aliphatic rings. The number of aryl methyl sites for hydroxylation is 1. The monoisotopic (exact) mass is 279 g/mol. The number of aromatic nitrogens is 2. The molecule has 0 saturated carbocycles. The summed E-state index contributed by atoms with van der Waals surface area (Å²) in [6.07, 6.45) is 5.55. The molecule has 2 heterocycles. The van der Waals surface area contributed by atoms with E-state index in [4.69, 9.17) is 10.5 Å². The third kappa shape index (κ3) is 3.48. The van der Waals surface area contributed by atoms with Crippen LogP contribution in [0.4, 0.5) is 5.69 Å². The summed E-state index contributed by atoms with van der Waals surface area (Å²) in [6, 6.07) is 13.6. The van der Waals surface area contributed by atoms with Gasteiger partial charge in [0.2, 0.25) is 5.88 Å². The summed E-state index contributed by atoms with van der Waals surface area (Å²) < 4.78 is 5.71. The standard InChI is InChI=1S/C17H17N3O/c18-15-4-5-16-14(12-15)3-6-17(20-16)21-11-1-2-13-7-9-19-10-8-13/h3-10,12H,1-2,11,18H2. The first-order valence-electron chi connectivity index (χ1n) is 6.99. The van der Waals surface area contributed by atoms with Crippen LogP contribution in [0.1, 0.15) is 12.0 Å². The first-order chi connectivity index (χ1) is 10.3. The van der Waals surface area contributed by atoms with Gasteiger partial charge in [0.1, 0.15) is 0 Å². The Morgan fingerprint density at radius 2 is 1.86 bits per heavy atom. The number of pyridine rings is 2. The first kappa shape index (κ1) is 13.4. The van der Waals surface area contributed by atoms with Crippen LogP contribution < -0.4 is 10.5 Å². The van der Waals surface area contributed by atoms with Crippen molar-refractivity contribution >= 4 is 16.6 Å². The molecule has 0 spiro atoms. The van der Waals surface area contributed by atoms with E-state index in [0.717, 1.165) is 29.4 Å². The fourth-order valence-electron chi connectivity index (χ4n) is 2.21. The zero-order chi connectivity index (χ0) is 14.5. The zero-order valence-electron chi connectivity index (χ0n) is 11.7. The Hall–Kier alpha value is -2.62. The Morgan fingerprint density at radius 3 is 2.71 bits per heavy atom. The molecular weight excluding hydrogens is 262 g/mol. The highest BCUT2D eigenvalue weighted by Gasteiger charge is 2.00. The van der Waals surface area contributed by atoms with Gasteiger partial charge in [-0.2, -0.15) is 0 Å². The van der Waals surface area contributed by atoms with Gasteiger partial charge in [-0.05, 0) is 54.8 Å². The number of anilines is 1. The molecule has 0 fully saturated rings. The number of hydrogen-bond donors (Lipinski definition) is 1. The van der Waals surface area contributed by atoms with Gasteiger partial charge in [0.25, 0.3) is 0 Å². The number of fused-ring (bicyclic) bond motifs is 1. The van der Waals surface area contributed by atoms with Crippen LogP contribution in [-0.4, -0.2) is 16.6 Å². The van der Waals surface area contributed by atoms with Crippen molar-refractivity contribution in [3.05, 3.63) is 60.4 Å². The third-order valence-electron chi connectivity index (χ3n) is 3.30. The molecule has 21 heavy (non-hydrogen) atoms. The molecular formula is C17H17N3O. The van der Waals surface area contributed by atoms with Gasteiger partial charge in [-0.25, -0.2) is 4.98 Å². The van der Waals surface area contributed by atoms with Crippen molar-refractivity contribution < 1.29 is 4.74 Å². The number of rotatable bonds is 5. The van der Waals surface area contributed by atoms with Crippen molar-refractivity contribution in [1.29, 1.82) is 0 Å². The predicted molar refractivity (Wildman–Crippen MR) is 84.2 cm³/mol. The van der Waals surface area contributed by atoms with Crippen LogP contribution in [0.2, 0.25) is 0 Å². The van der Waals surface area contributed by atoms with Crippen molar-refractivity contribution in [1.82, 2.24) is 9.97 Å². The number of benzene rings is 1. The molecule has 0 aliphatic heterocycles. The number of nitrogen functional groups attached to an aromatic ring is 1. The van der Waals surface area contributed by atoms with Crippen molar-refractivity contribution in [2.75, 3.05) is 12.3 Å². The maximum Gasteiger partial charge on any atom is 0.213 e. The van der Waals surface area contributed by atoms with Crippen LogP contribution in [0.3, 0.4) is 0 Å². The number of ether oxygens (including phenoxy) is 1. The van der Waals surface area contributed by atoms with Crippen LogP contribution in [0.5, 0.6) is 5.88 Å². The average molecular weight is 279 g/mol. The summed E-state index contributed by atoms with van der Waals surface area (Å²) in [4.78, 5) is 8.48. The number of nitrogens with two attached hydrogens (primary N) is 1. The molecule has 0 saturated heterocycles. The SMILES string of the molecule is Nc1ccc2nc(OCCCc3ccncc3)ccc2c1. The topological polar surface area (TPSA) is 61.0 Å². The van der Waals surface area contributed by atoms with E-state index in [2.05, 4.69) is 9.97 Å². The largest absolute Gasteiger partial charge is 0.478 e.